The zero-order valence-electron chi connectivity index (χ0n) is 22.3. The molecule has 1 amide bonds. The van der Waals surface area contributed by atoms with E-state index in [2.05, 4.69) is 4.90 Å². The molecule has 4 fully saturated rings. The smallest absolute Gasteiger partial charge is 0.410 e. The molecule has 0 radical (unpaired) electrons. The van der Waals surface area contributed by atoms with Crippen molar-refractivity contribution in [3.8, 4) is 0 Å². The Morgan fingerprint density at radius 2 is 1.64 bits per heavy atom. The van der Waals surface area contributed by atoms with Gasteiger partial charge >= 0.3 is 6.09 Å². The van der Waals surface area contributed by atoms with Crippen LogP contribution in [0.5, 0.6) is 0 Å². The molecule has 4 heterocycles. The van der Waals surface area contributed by atoms with Crippen LogP contribution < -0.4 is 0 Å². The van der Waals surface area contributed by atoms with E-state index in [0.717, 1.165) is 30.6 Å². The first-order valence-corrected chi connectivity index (χ1v) is 17.1. The van der Waals surface area contributed by atoms with Gasteiger partial charge in [0.1, 0.15) is 5.60 Å². The highest BCUT2D eigenvalue weighted by atomic mass is 35.5. The Morgan fingerprint density at radius 3 is 2.28 bits per heavy atom. The average Bonchev–Trinajstić information content (AvgIpc) is 3.53. The van der Waals surface area contributed by atoms with Gasteiger partial charge in [-0.3, -0.25) is 0 Å². The molecular formula is C29H38ClN3O4S2. The van der Waals surface area contributed by atoms with Gasteiger partial charge in [-0.2, -0.15) is 4.31 Å². The summed E-state index contributed by atoms with van der Waals surface area (Å²) in [5.74, 6) is 0. The van der Waals surface area contributed by atoms with Crippen molar-refractivity contribution in [1.82, 2.24) is 14.1 Å². The number of likely N-dealkylation sites (tertiary alicyclic amines) is 2. The van der Waals surface area contributed by atoms with Crippen LogP contribution in [0, 0.1) is 0 Å². The number of thiophene rings is 1. The van der Waals surface area contributed by atoms with Crippen LogP contribution in [-0.4, -0.2) is 72.5 Å². The molecule has 10 heteroatoms. The molecule has 0 spiro atoms. The quantitative estimate of drug-likeness (QED) is 0.394. The normalized spacial score (nSPS) is 26.8. The summed E-state index contributed by atoms with van der Waals surface area (Å²) in [5, 5.41) is 2.49. The molecule has 0 unspecified atom stereocenters. The van der Waals surface area contributed by atoms with Crippen LogP contribution in [0.2, 0.25) is 5.02 Å². The number of carbonyl (C=O) groups is 1. The molecule has 1 aromatic carbocycles. The first-order valence-electron chi connectivity index (χ1n) is 14.4. The third-order valence-electron chi connectivity index (χ3n) is 9.10. The maximum absolute atomic E-state index is 14.2. The maximum Gasteiger partial charge on any atom is 0.410 e. The molecule has 3 saturated heterocycles. The van der Waals surface area contributed by atoms with Gasteiger partial charge in [0.15, 0.2) is 0 Å². The van der Waals surface area contributed by atoms with Crippen LogP contribution in [0.4, 0.5) is 4.79 Å². The standard InChI is InChI=1S/C29H38ClN3O4S2/c30-22-9-11-24(12-10-22)39(35,36)33-25(26-7-5-21-38-26)6-4-8-27(33)29(15-16-29)37-28(34)32-19-13-23(14-20-32)31-17-2-1-3-18-31/h5,7,9-12,21,23,25,27H,1-4,6,8,13-20H2/t25-,27+/m0/s1. The number of piperidine rings is 3. The number of hydrogen-bond donors (Lipinski definition) is 0. The Labute approximate surface area is 241 Å². The van der Waals surface area contributed by atoms with Crippen molar-refractivity contribution in [2.24, 2.45) is 0 Å². The second-order valence-electron chi connectivity index (χ2n) is 11.5. The highest BCUT2D eigenvalue weighted by Crippen LogP contribution is 2.53. The molecule has 1 saturated carbocycles. The summed E-state index contributed by atoms with van der Waals surface area (Å²) < 4.78 is 36.4. The summed E-state index contributed by atoms with van der Waals surface area (Å²) in [5.41, 5.74) is -0.768. The van der Waals surface area contributed by atoms with Crippen LogP contribution >= 0.6 is 22.9 Å². The number of amides is 1. The second kappa shape index (κ2) is 11.3. The molecule has 3 aliphatic heterocycles. The van der Waals surface area contributed by atoms with Crippen molar-refractivity contribution < 1.29 is 17.9 Å². The number of rotatable bonds is 6. The fraction of sp³-hybridized carbons (Fsp3) is 0.621. The monoisotopic (exact) mass is 591 g/mol. The molecule has 39 heavy (non-hydrogen) atoms. The number of ether oxygens (including phenoxy) is 1. The third-order valence-corrected chi connectivity index (χ3v) is 12.3. The predicted molar refractivity (Wildman–Crippen MR) is 154 cm³/mol. The van der Waals surface area contributed by atoms with Gasteiger partial charge in [-0.15, -0.1) is 11.3 Å². The Kier molecular flexibility index (Phi) is 7.99. The van der Waals surface area contributed by atoms with E-state index in [1.807, 2.05) is 22.4 Å². The third kappa shape index (κ3) is 5.62. The molecule has 7 nitrogen and oxygen atoms in total. The van der Waals surface area contributed by atoms with Gasteiger partial charge in [0.05, 0.1) is 17.0 Å². The van der Waals surface area contributed by atoms with Gasteiger partial charge in [0.2, 0.25) is 10.0 Å². The maximum atomic E-state index is 14.2. The molecule has 1 aliphatic carbocycles. The van der Waals surface area contributed by atoms with Gasteiger partial charge in [-0.25, -0.2) is 13.2 Å². The molecule has 4 aliphatic rings. The minimum Gasteiger partial charge on any atom is -0.441 e. The number of hydrogen-bond acceptors (Lipinski definition) is 6. The van der Waals surface area contributed by atoms with E-state index in [1.54, 1.807) is 39.9 Å². The highest BCUT2D eigenvalue weighted by Gasteiger charge is 2.60. The zero-order valence-corrected chi connectivity index (χ0v) is 24.7. The van der Waals surface area contributed by atoms with E-state index in [4.69, 9.17) is 16.3 Å². The molecule has 1 aromatic heterocycles. The Morgan fingerprint density at radius 1 is 0.923 bits per heavy atom. The lowest BCUT2D eigenvalue weighted by Crippen LogP contribution is -2.55. The van der Waals surface area contributed by atoms with Crippen LogP contribution in [0.25, 0.3) is 0 Å². The molecule has 212 valence electrons. The van der Waals surface area contributed by atoms with Gasteiger partial charge in [-0.05, 0) is 107 Å². The minimum atomic E-state index is -3.86. The fourth-order valence-electron chi connectivity index (χ4n) is 6.85. The highest BCUT2D eigenvalue weighted by molar-refractivity contribution is 7.89. The number of benzene rings is 1. The molecule has 6 rings (SSSR count). The first kappa shape index (κ1) is 27.5. The summed E-state index contributed by atoms with van der Waals surface area (Å²) >= 11 is 7.66. The Bertz CT molecular complexity index is 1240. The van der Waals surface area contributed by atoms with E-state index in [9.17, 15) is 13.2 Å². The van der Waals surface area contributed by atoms with Gasteiger partial charge < -0.3 is 14.5 Å². The lowest BCUT2D eigenvalue weighted by molar-refractivity contribution is -0.0140. The molecule has 2 atom stereocenters. The lowest BCUT2D eigenvalue weighted by Gasteiger charge is -2.45. The summed E-state index contributed by atoms with van der Waals surface area (Å²) in [6.45, 7) is 3.74. The molecule has 0 bridgehead atoms. The number of sulfonamides is 1. The Hall–Kier alpha value is -1.65. The zero-order chi connectivity index (χ0) is 27.0. The number of nitrogens with zero attached hydrogens (tertiary/aromatic N) is 3. The van der Waals surface area contributed by atoms with E-state index >= 15 is 0 Å². The second-order valence-corrected chi connectivity index (χ2v) is 14.8. The van der Waals surface area contributed by atoms with Gasteiger partial charge in [-0.1, -0.05) is 24.1 Å². The van der Waals surface area contributed by atoms with E-state index in [0.29, 0.717) is 43.4 Å². The van der Waals surface area contributed by atoms with Crippen molar-refractivity contribution in [3.63, 3.8) is 0 Å². The summed E-state index contributed by atoms with van der Waals surface area (Å²) in [6, 6.07) is 10.3. The van der Waals surface area contributed by atoms with Crippen molar-refractivity contribution >= 4 is 39.1 Å². The average molecular weight is 592 g/mol. The van der Waals surface area contributed by atoms with Crippen molar-refractivity contribution in [3.05, 3.63) is 51.7 Å². The van der Waals surface area contributed by atoms with Gasteiger partial charge in [0, 0.05) is 29.0 Å². The lowest BCUT2D eigenvalue weighted by atomic mass is 9.92. The summed E-state index contributed by atoms with van der Waals surface area (Å²) in [7, 11) is -3.86. The number of carbonyl (C=O) groups excluding carboxylic acids is 1. The van der Waals surface area contributed by atoms with Crippen molar-refractivity contribution in [1.29, 1.82) is 0 Å². The predicted octanol–water partition coefficient (Wildman–Crippen LogP) is 6.31. The largest absolute Gasteiger partial charge is 0.441 e. The topological polar surface area (TPSA) is 70.2 Å². The van der Waals surface area contributed by atoms with E-state index in [-0.39, 0.29) is 17.0 Å². The molecule has 0 N–H and O–H groups in total. The minimum absolute atomic E-state index is 0.224. The number of halogens is 1. The van der Waals surface area contributed by atoms with Crippen molar-refractivity contribution in [2.75, 3.05) is 26.2 Å². The van der Waals surface area contributed by atoms with E-state index in [1.165, 1.54) is 32.4 Å². The molecule has 2 aromatic rings. The molecular weight excluding hydrogens is 554 g/mol. The van der Waals surface area contributed by atoms with E-state index < -0.39 is 21.7 Å². The van der Waals surface area contributed by atoms with Crippen LogP contribution in [0.1, 0.15) is 75.1 Å². The Balaban J connectivity index is 1.21. The van der Waals surface area contributed by atoms with Crippen LogP contribution in [0.3, 0.4) is 0 Å². The summed E-state index contributed by atoms with van der Waals surface area (Å²) in [6.07, 6.45) is 9.23. The van der Waals surface area contributed by atoms with Crippen LogP contribution in [-0.2, 0) is 14.8 Å². The van der Waals surface area contributed by atoms with Crippen molar-refractivity contribution in [2.45, 2.75) is 92.8 Å². The summed E-state index contributed by atoms with van der Waals surface area (Å²) in [4.78, 5) is 19.2. The van der Waals surface area contributed by atoms with Gasteiger partial charge in [0.25, 0.3) is 0 Å². The van der Waals surface area contributed by atoms with Crippen LogP contribution in [0.15, 0.2) is 46.7 Å². The first-order chi connectivity index (χ1) is 18.9. The fourth-order valence-corrected chi connectivity index (χ4v) is 9.81. The SMILES string of the molecule is O=C(OC1([C@H]2CCC[C@@H](c3cccs3)N2S(=O)(=O)c2ccc(Cl)cc2)CC1)N1CCC(N2CCCCC2)CC1.